The van der Waals surface area contributed by atoms with E-state index in [4.69, 9.17) is 5.73 Å². The van der Waals surface area contributed by atoms with Crippen LogP contribution < -0.4 is 11.1 Å². The van der Waals surface area contributed by atoms with Crippen LogP contribution in [0.5, 0.6) is 0 Å². The average Bonchev–Trinajstić information content (AvgIpc) is 2.50. The molecule has 0 heterocycles. The third-order valence-electron chi connectivity index (χ3n) is 3.08. The Kier molecular flexibility index (Phi) is 5.84. The Morgan fingerprint density at radius 3 is 2.52 bits per heavy atom. The van der Waals surface area contributed by atoms with Gasteiger partial charge in [-0.05, 0) is 29.9 Å². The van der Waals surface area contributed by atoms with Gasteiger partial charge in [0.15, 0.2) is 0 Å². The lowest BCUT2D eigenvalue weighted by atomic mass is 10.1. The van der Waals surface area contributed by atoms with Crippen LogP contribution in [-0.4, -0.2) is 17.7 Å². The highest BCUT2D eigenvalue weighted by atomic mass is 32.2. The van der Waals surface area contributed by atoms with E-state index in [-0.39, 0.29) is 5.91 Å². The molecule has 2 rings (SSSR count). The first-order valence-corrected chi connectivity index (χ1v) is 8.01. The monoisotopic (exact) mass is 300 g/mol. The van der Waals surface area contributed by atoms with Gasteiger partial charge in [0.1, 0.15) is 0 Å². The van der Waals surface area contributed by atoms with Crippen molar-refractivity contribution in [3.05, 3.63) is 60.2 Å². The predicted molar refractivity (Wildman–Crippen MR) is 89.6 cm³/mol. The van der Waals surface area contributed by atoms with Gasteiger partial charge in [-0.15, -0.1) is 11.8 Å². The van der Waals surface area contributed by atoms with E-state index >= 15 is 0 Å². The fourth-order valence-electron chi connectivity index (χ4n) is 2.04. The van der Waals surface area contributed by atoms with Crippen molar-refractivity contribution in [2.45, 2.75) is 24.3 Å². The summed E-state index contributed by atoms with van der Waals surface area (Å²) >= 11 is 1.70. The number of rotatable bonds is 6. The molecule has 2 aromatic carbocycles. The van der Waals surface area contributed by atoms with E-state index in [9.17, 15) is 4.79 Å². The van der Waals surface area contributed by atoms with Crippen molar-refractivity contribution >= 4 is 23.4 Å². The predicted octanol–water partition coefficient (Wildman–Crippen LogP) is 3.31. The van der Waals surface area contributed by atoms with Crippen LogP contribution in [0.2, 0.25) is 0 Å². The van der Waals surface area contributed by atoms with Crippen molar-refractivity contribution in [2.24, 2.45) is 5.73 Å². The van der Waals surface area contributed by atoms with Crippen LogP contribution in [0.25, 0.3) is 0 Å². The molecular weight excluding hydrogens is 280 g/mol. The van der Waals surface area contributed by atoms with Crippen LogP contribution in [0.4, 0.5) is 5.69 Å². The summed E-state index contributed by atoms with van der Waals surface area (Å²) in [6.07, 6.45) is 0.537. The maximum Gasteiger partial charge on any atom is 0.241 e. The first-order valence-electron chi connectivity index (χ1n) is 7.03. The standard InChI is InChI=1S/C17H20N2OS/c1-2-21-16-11-7-6-10-15(16)19-17(20)14(18)12-13-8-4-3-5-9-13/h3-11,14H,2,12,18H2,1H3,(H,19,20)/t14-/m0/s1. The molecule has 1 atom stereocenters. The van der Waals surface area contributed by atoms with Crippen molar-refractivity contribution in [3.8, 4) is 0 Å². The van der Waals surface area contributed by atoms with E-state index in [1.807, 2.05) is 54.6 Å². The van der Waals surface area contributed by atoms with Crippen LogP contribution in [0.15, 0.2) is 59.5 Å². The number of benzene rings is 2. The fourth-order valence-corrected chi connectivity index (χ4v) is 2.80. The third kappa shape index (κ3) is 4.62. The molecule has 4 heteroatoms. The van der Waals surface area contributed by atoms with Gasteiger partial charge in [0.2, 0.25) is 5.91 Å². The average molecular weight is 300 g/mol. The van der Waals surface area contributed by atoms with Gasteiger partial charge in [-0.2, -0.15) is 0 Å². The van der Waals surface area contributed by atoms with Gasteiger partial charge in [-0.1, -0.05) is 49.4 Å². The number of amides is 1. The maximum atomic E-state index is 12.2. The zero-order valence-electron chi connectivity index (χ0n) is 12.1. The molecule has 0 saturated heterocycles. The molecule has 0 aromatic heterocycles. The van der Waals surface area contributed by atoms with Crippen molar-refractivity contribution < 1.29 is 4.79 Å². The third-order valence-corrected chi connectivity index (χ3v) is 4.04. The van der Waals surface area contributed by atoms with E-state index in [2.05, 4.69) is 12.2 Å². The highest BCUT2D eigenvalue weighted by Crippen LogP contribution is 2.26. The van der Waals surface area contributed by atoms with E-state index < -0.39 is 6.04 Å². The Hall–Kier alpha value is -1.78. The number of hydrogen-bond acceptors (Lipinski definition) is 3. The molecule has 0 fully saturated rings. The van der Waals surface area contributed by atoms with Gasteiger partial charge in [-0.25, -0.2) is 0 Å². The highest BCUT2D eigenvalue weighted by Gasteiger charge is 2.15. The number of carbonyl (C=O) groups excluding carboxylic acids is 1. The zero-order chi connectivity index (χ0) is 15.1. The molecule has 0 saturated carbocycles. The van der Waals surface area contributed by atoms with Crippen LogP contribution in [0, 0.1) is 0 Å². The summed E-state index contributed by atoms with van der Waals surface area (Å²) in [6, 6.07) is 17.1. The molecule has 0 unspecified atom stereocenters. The fraction of sp³-hybridized carbons (Fsp3) is 0.235. The summed E-state index contributed by atoms with van der Waals surface area (Å²) in [7, 11) is 0. The van der Waals surface area contributed by atoms with Crippen molar-refractivity contribution in [1.29, 1.82) is 0 Å². The van der Waals surface area contributed by atoms with E-state index in [1.54, 1.807) is 11.8 Å². The first-order chi connectivity index (χ1) is 10.2. The molecule has 110 valence electrons. The molecule has 3 nitrogen and oxygen atoms in total. The topological polar surface area (TPSA) is 55.1 Å². The SMILES string of the molecule is CCSc1ccccc1NC(=O)[C@@H](N)Cc1ccccc1. The van der Waals surface area contributed by atoms with Gasteiger partial charge >= 0.3 is 0 Å². The Balaban J connectivity index is 2.01. The second-order valence-corrected chi connectivity index (χ2v) is 6.02. The minimum Gasteiger partial charge on any atom is -0.324 e. The summed E-state index contributed by atoms with van der Waals surface area (Å²) in [5.74, 6) is 0.811. The molecule has 0 aliphatic carbocycles. The second-order valence-electron chi connectivity index (χ2n) is 4.71. The number of carbonyl (C=O) groups is 1. The molecule has 1 amide bonds. The molecule has 0 bridgehead atoms. The summed E-state index contributed by atoms with van der Waals surface area (Å²) in [4.78, 5) is 13.3. The molecule has 21 heavy (non-hydrogen) atoms. The van der Waals surface area contributed by atoms with Gasteiger partial charge < -0.3 is 11.1 Å². The first kappa shape index (κ1) is 15.6. The maximum absolute atomic E-state index is 12.2. The molecular formula is C17H20N2OS. The molecule has 0 aliphatic rings. The van der Waals surface area contributed by atoms with E-state index in [0.717, 1.165) is 21.9 Å². The lowest BCUT2D eigenvalue weighted by Gasteiger charge is -2.14. The molecule has 2 aromatic rings. The molecule has 0 spiro atoms. The number of nitrogens with one attached hydrogen (secondary N) is 1. The van der Waals surface area contributed by atoms with Crippen molar-refractivity contribution in [1.82, 2.24) is 0 Å². The molecule has 3 N–H and O–H groups in total. The lowest BCUT2D eigenvalue weighted by Crippen LogP contribution is -2.37. The zero-order valence-corrected chi connectivity index (χ0v) is 12.9. The van der Waals surface area contributed by atoms with Crippen LogP contribution >= 0.6 is 11.8 Å². The highest BCUT2D eigenvalue weighted by molar-refractivity contribution is 7.99. The van der Waals surface area contributed by atoms with Crippen molar-refractivity contribution in [3.63, 3.8) is 0 Å². The minimum atomic E-state index is -0.549. The summed E-state index contributed by atoms with van der Waals surface area (Å²) in [5, 5.41) is 2.93. The van der Waals surface area contributed by atoms with Crippen LogP contribution in [0.1, 0.15) is 12.5 Å². The number of anilines is 1. The number of nitrogens with two attached hydrogens (primary N) is 1. The van der Waals surface area contributed by atoms with E-state index in [1.165, 1.54) is 0 Å². The molecule has 0 radical (unpaired) electrons. The Morgan fingerprint density at radius 1 is 1.14 bits per heavy atom. The van der Waals surface area contributed by atoms with E-state index in [0.29, 0.717) is 6.42 Å². The smallest absolute Gasteiger partial charge is 0.241 e. The Morgan fingerprint density at radius 2 is 1.81 bits per heavy atom. The van der Waals surface area contributed by atoms with Gasteiger partial charge in [0.05, 0.1) is 11.7 Å². The van der Waals surface area contributed by atoms with Gasteiger partial charge in [0, 0.05) is 4.90 Å². The largest absolute Gasteiger partial charge is 0.324 e. The number of para-hydroxylation sites is 1. The quantitative estimate of drug-likeness (QED) is 0.805. The van der Waals surface area contributed by atoms with Gasteiger partial charge in [0.25, 0.3) is 0 Å². The normalized spacial score (nSPS) is 11.9. The summed E-state index contributed by atoms with van der Waals surface area (Å²) in [6.45, 7) is 2.09. The van der Waals surface area contributed by atoms with Crippen LogP contribution in [0.3, 0.4) is 0 Å². The minimum absolute atomic E-state index is 0.150. The molecule has 0 aliphatic heterocycles. The summed E-state index contributed by atoms with van der Waals surface area (Å²) in [5.41, 5.74) is 7.90. The Labute approximate surface area is 129 Å². The van der Waals surface area contributed by atoms with Crippen LogP contribution in [-0.2, 0) is 11.2 Å². The Bertz CT molecular complexity index is 586. The number of thioether (sulfide) groups is 1. The summed E-state index contributed by atoms with van der Waals surface area (Å²) < 4.78 is 0. The number of hydrogen-bond donors (Lipinski definition) is 2. The second kappa shape index (κ2) is 7.86. The van der Waals surface area contributed by atoms with Gasteiger partial charge in [-0.3, -0.25) is 4.79 Å². The van der Waals surface area contributed by atoms with Crippen molar-refractivity contribution in [2.75, 3.05) is 11.1 Å². The lowest BCUT2D eigenvalue weighted by molar-refractivity contribution is -0.117.